The predicted octanol–water partition coefficient (Wildman–Crippen LogP) is 5.33. The predicted molar refractivity (Wildman–Crippen MR) is 191 cm³/mol. The lowest BCUT2D eigenvalue weighted by Crippen LogP contribution is -2.60. The fourth-order valence-electron chi connectivity index (χ4n) is 8.78. The monoisotopic (exact) mass is 785 g/mol. The summed E-state index contributed by atoms with van der Waals surface area (Å²) in [5.74, 6) is -4.32. The average Bonchev–Trinajstić information content (AvgIpc) is 3.46. The highest BCUT2D eigenvalue weighted by molar-refractivity contribution is 9.09. The van der Waals surface area contributed by atoms with Gasteiger partial charge in [-0.15, -0.1) is 23.2 Å². The third-order valence-corrected chi connectivity index (χ3v) is 13.2. The number of phenolic OH excluding ortho intramolecular Hbond substituents is 1. The van der Waals surface area contributed by atoms with E-state index in [-0.39, 0.29) is 47.0 Å². The number of alkyl halides is 3. The largest absolute Gasteiger partial charge is 0.502 e. The van der Waals surface area contributed by atoms with Crippen molar-refractivity contribution >= 4 is 68.8 Å². The first-order chi connectivity index (χ1) is 24.0. The number of ether oxygens (including phenoxy) is 2. The summed E-state index contributed by atoms with van der Waals surface area (Å²) < 4.78 is 10.6. The van der Waals surface area contributed by atoms with E-state index in [4.69, 9.17) is 32.7 Å². The van der Waals surface area contributed by atoms with E-state index in [1.54, 1.807) is 24.3 Å². The lowest BCUT2D eigenvalue weighted by molar-refractivity contribution is -0.144. The number of hydrogen-bond donors (Lipinski definition) is 1. The van der Waals surface area contributed by atoms with E-state index in [1.165, 1.54) is 24.7 Å². The fourth-order valence-corrected chi connectivity index (χ4v) is 10.2. The summed E-state index contributed by atoms with van der Waals surface area (Å²) in [6, 6.07) is 13.2. The highest BCUT2D eigenvalue weighted by Gasteiger charge is 2.75. The first-order valence-corrected chi connectivity index (χ1v) is 18.6. The van der Waals surface area contributed by atoms with Crippen molar-refractivity contribution in [3.63, 3.8) is 0 Å². The quantitative estimate of drug-likeness (QED) is 0.165. The van der Waals surface area contributed by atoms with Crippen LogP contribution in [-0.2, 0) is 25.7 Å². The maximum atomic E-state index is 14.4. The van der Waals surface area contributed by atoms with E-state index >= 15 is 0 Å². The summed E-state index contributed by atoms with van der Waals surface area (Å²) >= 11 is 17.9. The number of halogens is 3. The normalized spacial score (nSPS) is 31.6. The topological polar surface area (TPSA) is 117 Å². The number of carbonyl (C=O) groups excluding carboxylic acids is 4. The molecule has 3 heterocycles. The van der Waals surface area contributed by atoms with Crippen LogP contribution in [0.15, 0.2) is 60.2 Å². The van der Waals surface area contributed by atoms with Crippen LogP contribution >= 0.6 is 39.1 Å². The standard InChI is InChI=1S/C37H38BrCl2N3O7/c1-49-28-16-22(17-29(50-2)31(28)44)8-11-27-24-9-10-25-30(26(24)18-36(39)34(47)42(20-38)35(48)37(27,36)40)33(46)43(32(25)45)23-12-14-41(15-13-23)19-21-6-4-3-5-7-21/h3-9,11,16-17,23,25-27,30,44H,10,12-15,18-20H2,1-2H3. The van der Waals surface area contributed by atoms with Gasteiger partial charge in [-0.25, -0.2) is 0 Å². The van der Waals surface area contributed by atoms with E-state index in [9.17, 15) is 24.3 Å². The molecule has 2 aromatic rings. The number of methoxy groups -OCH3 is 2. The van der Waals surface area contributed by atoms with Crippen LogP contribution in [0.3, 0.4) is 0 Å². The molecule has 1 N–H and O–H groups in total. The molecule has 2 aliphatic carbocycles. The zero-order valence-electron chi connectivity index (χ0n) is 27.7. The number of fused-ring (bicyclic) bond motifs is 4. The van der Waals surface area contributed by atoms with E-state index in [0.29, 0.717) is 30.4 Å². The molecule has 3 saturated heterocycles. The molecule has 0 spiro atoms. The minimum absolute atomic E-state index is 0.0628. The molecule has 6 unspecified atom stereocenters. The first-order valence-electron chi connectivity index (χ1n) is 16.7. The molecule has 2 aromatic carbocycles. The second-order valence-electron chi connectivity index (χ2n) is 13.7. The van der Waals surface area contributed by atoms with Crippen LogP contribution in [0, 0.1) is 23.7 Å². The average molecular weight is 788 g/mol. The number of benzene rings is 2. The smallest absolute Gasteiger partial charge is 0.254 e. The maximum Gasteiger partial charge on any atom is 0.254 e. The Morgan fingerprint density at radius 2 is 1.62 bits per heavy atom. The summed E-state index contributed by atoms with van der Waals surface area (Å²) in [7, 11) is 2.84. The highest BCUT2D eigenvalue weighted by atomic mass is 79.9. The van der Waals surface area contributed by atoms with E-state index in [0.717, 1.165) is 24.5 Å². The molecule has 0 aromatic heterocycles. The first kappa shape index (κ1) is 35.0. The number of phenols is 1. The lowest BCUT2D eigenvalue weighted by atomic mass is 9.57. The Bertz CT molecular complexity index is 1770. The third-order valence-electron chi connectivity index (χ3n) is 11.3. The number of hydrogen-bond acceptors (Lipinski definition) is 8. The van der Waals surface area contributed by atoms with Gasteiger partial charge in [-0.05, 0) is 54.9 Å². The van der Waals surface area contributed by atoms with Crippen molar-refractivity contribution in [2.24, 2.45) is 23.7 Å². The molecule has 6 atom stereocenters. The second-order valence-corrected chi connectivity index (χ2v) is 15.4. The van der Waals surface area contributed by atoms with Gasteiger partial charge in [0.2, 0.25) is 17.6 Å². The molecule has 10 nitrogen and oxygen atoms in total. The molecule has 3 aliphatic heterocycles. The van der Waals surface area contributed by atoms with Crippen molar-refractivity contribution in [1.29, 1.82) is 0 Å². The third kappa shape index (κ3) is 5.30. The van der Waals surface area contributed by atoms with Gasteiger partial charge in [0.1, 0.15) is 0 Å². The van der Waals surface area contributed by atoms with E-state index in [1.807, 2.05) is 24.3 Å². The van der Waals surface area contributed by atoms with Crippen LogP contribution in [0.4, 0.5) is 0 Å². The van der Waals surface area contributed by atoms with Crippen LogP contribution in [0.2, 0.25) is 0 Å². The number of carbonyl (C=O) groups is 4. The molecule has 4 amide bonds. The summed E-state index contributed by atoms with van der Waals surface area (Å²) in [4.78, 5) is 57.4. The number of likely N-dealkylation sites (tertiary alicyclic amines) is 3. The van der Waals surface area contributed by atoms with Gasteiger partial charge in [-0.3, -0.25) is 33.9 Å². The molecule has 264 valence electrons. The molecule has 50 heavy (non-hydrogen) atoms. The molecular weight excluding hydrogens is 749 g/mol. The minimum Gasteiger partial charge on any atom is -0.502 e. The van der Waals surface area contributed by atoms with Gasteiger partial charge in [-0.1, -0.05) is 70.1 Å². The van der Waals surface area contributed by atoms with Gasteiger partial charge in [0.25, 0.3) is 11.8 Å². The van der Waals surface area contributed by atoms with Crippen molar-refractivity contribution in [1.82, 2.24) is 14.7 Å². The SMILES string of the molecule is COc1cc(C=CC2C3=CCC4C(=O)N(C5CCN(Cc6ccccc6)CC5)C(=O)C4C3CC3(Cl)C(=O)N(CBr)C(=O)C23Cl)cc(OC)c1O. The van der Waals surface area contributed by atoms with Crippen LogP contribution in [0.5, 0.6) is 17.2 Å². The number of amides is 4. The van der Waals surface area contributed by atoms with Crippen molar-refractivity contribution in [2.45, 2.75) is 48.0 Å². The van der Waals surface area contributed by atoms with Crippen LogP contribution < -0.4 is 9.47 Å². The van der Waals surface area contributed by atoms with Crippen LogP contribution in [0.1, 0.15) is 36.8 Å². The van der Waals surface area contributed by atoms with E-state index in [2.05, 4.69) is 33.0 Å². The number of aromatic hydroxyl groups is 1. The summed E-state index contributed by atoms with van der Waals surface area (Å²) in [5, 5.41) is 10.4. The lowest BCUT2D eigenvalue weighted by Gasteiger charge is -2.49. The minimum atomic E-state index is -1.90. The number of imide groups is 2. The zero-order valence-corrected chi connectivity index (χ0v) is 30.8. The van der Waals surface area contributed by atoms with E-state index < -0.39 is 45.2 Å². The molecule has 4 fully saturated rings. The Morgan fingerprint density at radius 1 is 0.960 bits per heavy atom. The maximum absolute atomic E-state index is 14.4. The Kier molecular flexibility index (Phi) is 9.33. The summed E-state index contributed by atoms with van der Waals surface area (Å²) in [6.45, 7) is 2.33. The molecule has 13 heteroatoms. The Labute approximate surface area is 309 Å². The van der Waals surface area contributed by atoms with Crippen LogP contribution in [-0.4, -0.2) is 92.0 Å². The molecule has 0 bridgehead atoms. The zero-order chi connectivity index (χ0) is 35.5. The Balaban J connectivity index is 1.21. The van der Waals surface area contributed by atoms with Crippen LogP contribution in [0.25, 0.3) is 6.08 Å². The number of allylic oxidation sites excluding steroid dienone is 3. The number of nitrogens with zero attached hydrogens (tertiary/aromatic N) is 3. The second kappa shape index (κ2) is 13.3. The van der Waals surface area contributed by atoms with Gasteiger partial charge in [0.05, 0.1) is 31.5 Å². The molecule has 7 rings (SSSR count). The van der Waals surface area contributed by atoms with Gasteiger partial charge in [0.15, 0.2) is 21.2 Å². The summed E-state index contributed by atoms with van der Waals surface area (Å²) in [5.41, 5.74) is 2.40. The summed E-state index contributed by atoms with van der Waals surface area (Å²) in [6.07, 6.45) is 6.95. The molecular formula is C37H38BrCl2N3O7. The van der Waals surface area contributed by atoms with Gasteiger partial charge < -0.3 is 14.6 Å². The van der Waals surface area contributed by atoms with Gasteiger partial charge >= 0.3 is 0 Å². The fraction of sp³-hybridized carbons (Fsp3) is 0.459. The Hall–Kier alpha value is -3.38. The molecule has 5 aliphatic rings. The molecule has 1 saturated carbocycles. The van der Waals surface area contributed by atoms with Crippen molar-refractivity contribution < 1.29 is 33.8 Å². The molecule has 0 radical (unpaired) electrons. The number of rotatable bonds is 8. The Morgan fingerprint density at radius 3 is 2.24 bits per heavy atom. The number of piperidine rings is 1. The van der Waals surface area contributed by atoms with Gasteiger partial charge in [-0.2, -0.15) is 0 Å². The van der Waals surface area contributed by atoms with Crippen molar-refractivity contribution in [3.8, 4) is 17.2 Å². The van der Waals surface area contributed by atoms with Crippen molar-refractivity contribution in [2.75, 3.05) is 32.8 Å². The van der Waals surface area contributed by atoms with Crippen molar-refractivity contribution in [3.05, 3.63) is 71.3 Å². The van der Waals surface area contributed by atoms with Gasteiger partial charge in [0, 0.05) is 31.6 Å². The highest BCUT2D eigenvalue weighted by Crippen LogP contribution is 2.63.